The number of hydrogen-bond acceptors (Lipinski definition) is 3. The molecule has 0 aromatic rings. The molecule has 0 radical (unpaired) electrons. The Morgan fingerprint density at radius 3 is 2.79 bits per heavy atom. The Bertz CT molecular complexity index is 722. The van der Waals surface area contributed by atoms with Gasteiger partial charge in [-0.1, -0.05) is 13.8 Å². The lowest BCUT2D eigenvalue weighted by Crippen LogP contribution is -2.53. The molecule has 24 heavy (non-hydrogen) atoms. The lowest BCUT2D eigenvalue weighted by Gasteiger charge is -2.56. The van der Waals surface area contributed by atoms with E-state index in [1.165, 1.54) is 0 Å². The van der Waals surface area contributed by atoms with Crippen LogP contribution in [0.15, 0.2) is 23.6 Å². The van der Waals surface area contributed by atoms with Crippen molar-refractivity contribution >= 4 is 11.6 Å². The first kappa shape index (κ1) is 15.0. The maximum Gasteiger partial charge on any atom is 0.187 e. The molecule has 0 spiro atoms. The molecule has 5 rings (SSSR count). The quantitative estimate of drug-likeness (QED) is 0.638. The largest absolute Gasteiger partial charge is 0.360 e. The standard InChI is InChI=1S/C20H23FO3/c1-19-6-5-13-11(12(19)3-4-16(19)23)7-10(9-21)14-8-15(22)17-18(24-17)20(13,14)2/h8-9,11-13,17-18H,3-7H2,1-2H3/t11-,12-,13+,17?,18?,19-,20+/m0/s1. The Morgan fingerprint density at radius 2 is 2.04 bits per heavy atom. The van der Waals surface area contributed by atoms with Crippen molar-refractivity contribution in [1.82, 2.24) is 0 Å². The van der Waals surface area contributed by atoms with Gasteiger partial charge in [-0.2, -0.15) is 0 Å². The fourth-order valence-electron chi connectivity index (χ4n) is 6.72. The molecule has 0 aromatic carbocycles. The third-order valence-corrected chi connectivity index (χ3v) is 8.08. The minimum absolute atomic E-state index is 0.0121. The first-order chi connectivity index (χ1) is 11.4. The number of epoxide rings is 1. The van der Waals surface area contributed by atoms with Crippen molar-refractivity contribution in [3.8, 4) is 0 Å². The van der Waals surface area contributed by atoms with Crippen LogP contribution in [0.2, 0.25) is 0 Å². The van der Waals surface area contributed by atoms with Gasteiger partial charge >= 0.3 is 0 Å². The van der Waals surface area contributed by atoms with Crippen molar-refractivity contribution < 1.29 is 18.7 Å². The molecule has 5 aliphatic rings. The molecule has 3 saturated carbocycles. The molecule has 4 fully saturated rings. The monoisotopic (exact) mass is 330 g/mol. The van der Waals surface area contributed by atoms with E-state index >= 15 is 0 Å². The van der Waals surface area contributed by atoms with Crippen LogP contribution in [0.5, 0.6) is 0 Å². The van der Waals surface area contributed by atoms with Crippen LogP contribution in [0.4, 0.5) is 4.39 Å². The summed E-state index contributed by atoms with van der Waals surface area (Å²) in [5, 5.41) is 0. The van der Waals surface area contributed by atoms with Gasteiger partial charge in [-0.3, -0.25) is 9.59 Å². The molecule has 7 atom stereocenters. The molecular formula is C20H23FO3. The van der Waals surface area contributed by atoms with Crippen LogP contribution >= 0.6 is 0 Å². The normalized spacial score (nSPS) is 53.9. The minimum Gasteiger partial charge on any atom is -0.360 e. The predicted octanol–water partition coefficient (Wildman–Crippen LogP) is 3.54. The summed E-state index contributed by atoms with van der Waals surface area (Å²) < 4.78 is 19.5. The van der Waals surface area contributed by atoms with E-state index in [-0.39, 0.29) is 28.8 Å². The summed E-state index contributed by atoms with van der Waals surface area (Å²) in [6, 6.07) is 0. The number of rotatable bonds is 0. The van der Waals surface area contributed by atoms with Gasteiger partial charge in [-0.15, -0.1) is 0 Å². The second-order valence-corrected chi connectivity index (χ2v) is 8.85. The van der Waals surface area contributed by atoms with E-state index in [0.29, 0.717) is 48.3 Å². The van der Waals surface area contributed by atoms with Gasteiger partial charge in [0, 0.05) is 17.3 Å². The average molecular weight is 330 g/mol. The molecule has 0 aromatic heterocycles. The summed E-state index contributed by atoms with van der Waals surface area (Å²) in [5.74, 6) is 1.41. The van der Waals surface area contributed by atoms with Gasteiger partial charge in [0.1, 0.15) is 18.0 Å². The zero-order chi connectivity index (χ0) is 16.9. The fraction of sp³-hybridized carbons (Fsp3) is 0.700. The van der Waals surface area contributed by atoms with Crippen LogP contribution in [0.3, 0.4) is 0 Å². The lowest BCUT2D eigenvalue weighted by atomic mass is 9.46. The Kier molecular flexibility index (Phi) is 2.79. The van der Waals surface area contributed by atoms with E-state index in [1.54, 1.807) is 6.08 Å². The summed E-state index contributed by atoms with van der Waals surface area (Å²) in [6.45, 7) is 4.28. The van der Waals surface area contributed by atoms with Crippen molar-refractivity contribution in [2.45, 2.75) is 58.2 Å². The van der Waals surface area contributed by atoms with Gasteiger partial charge in [0.05, 0.1) is 6.33 Å². The van der Waals surface area contributed by atoms with Gasteiger partial charge in [-0.25, -0.2) is 4.39 Å². The summed E-state index contributed by atoms with van der Waals surface area (Å²) in [7, 11) is 0. The van der Waals surface area contributed by atoms with Gasteiger partial charge in [-0.05, 0) is 60.7 Å². The van der Waals surface area contributed by atoms with Gasteiger partial charge in [0.15, 0.2) is 5.78 Å². The second-order valence-electron chi connectivity index (χ2n) is 8.85. The number of halogens is 1. The summed E-state index contributed by atoms with van der Waals surface area (Å²) in [5.41, 5.74) is 1.01. The lowest BCUT2D eigenvalue weighted by molar-refractivity contribution is -0.131. The topological polar surface area (TPSA) is 46.7 Å². The number of allylic oxidation sites excluding steroid dienone is 1. The van der Waals surface area contributed by atoms with Crippen LogP contribution < -0.4 is 0 Å². The maximum absolute atomic E-state index is 13.7. The molecular weight excluding hydrogens is 307 g/mol. The second kappa shape index (κ2) is 4.46. The summed E-state index contributed by atoms with van der Waals surface area (Å²) in [6.07, 6.45) is 6.05. The number of ketones is 2. The number of fused-ring (bicyclic) bond motifs is 7. The first-order valence-corrected chi connectivity index (χ1v) is 9.15. The van der Waals surface area contributed by atoms with Crippen LogP contribution in [0.1, 0.15) is 46.0 Å². The summed E-state index contributed by atoms with van der Waals surface area (Å²) >= 11 is 0. The maximum atomic E-state index is 13.7. The molecule has 4 heteroatoms. The van der Waals surface area contributed by atoms with E-state index in [1.807, 2.05) is 0 Å². The van der Waals surface area contributed by atoms with E-state index < -0.39 is 0 Å². The highest BCUT2D eigenvalue weighted by molar-refractivity contribution is 5.99. The predicted molar refractivity (Wildman–Crippen MR) is 85.7 cm³/mol. The van der Waals surface area contributed by atoms with E-state index in [0.717, 1.165) is 24.8 Å². The van der Waals surface area contributed by atoms with E-state index in [4.69, 9.17) is 4.74 Å². The van der Waals surface area contributed by atoms with Crippen LogP contribution in [-0.2, 0) is 14.3 Å². The molecule has 2 unspecified atom stereocenters. The zero-order valence-electron chi connectivity index (χ0n) is 14.2. The molecule has 1 aliphatic heterocycles. The third-order valence-electron chi connectivity index (χ3n) is 8.08. The summed E-state index contributed by atoms with van der Waals surface area (Å²) in [4.78, 5) is 24.6. The Hall–Kier alpha value is -1.29. The van der Waals surface area contributed by atoms with Crippen LogP contribution in [0, 0.1) is 28.6 Å². The van der Waals surface area contributed by atoms with Crippen molar-refractivity contribution in [3.63, 3.8) is 0 Å². The molecule has 4 aliphatic carbocycles. The number of Topliss-reactive ketones (excluding diaryl/α,β-unsaturated/α-hetero) is 1. The van der Waals surface area contributed by atoms with Crippen molar-refractivity contribution in [2.75, 3.05) is 0 Å². The molecule has 0 N–H and O–H groups in total. The Balaban J connectivity index is 1.62. The molecule has 0 amide bonds. The molecule has 1 heterocycles. The van der Waals surface area contributed by atoms with Gasteiger partial charge < -0.3 is 4.74 Å². The number of hydrogen-bond donors (Lipinski definition) is 0. The third kappa shape index (κ3) is 1.56. The van der Waals surface area contributed by atoms with Crippen molar-refractivity contribution in [1.29, 1.82) is 0 Å². The molecule has 3 nitrogen and oxygen atoms in total. The molecule has 128 valence electrons. The average Bonchev–Trinajstić information content (AvgIpc) is 3.31. The fourth-order valence-corrected chi connectivity index (χ4v) is 6.72. The Labute approximate surface area is 141 Å². The number of ether oxygens (including phenoxy) is 1. The van der Waals surface area contributed by atoms with Gasteiger partial charge in [0.25, 0.3) is 0 Å². The zero-order valence-corrected chi connectivity index (χ0v) is 14.2. The highest BCUT2D eigenvalue weighted by Gasteiger charge is 2.68. The highest BCUT2D eigenvalue weighted by Crippen LogP contribution is 2.67. The number of carbonyl (C=O) groups excluding carboxylic acids is 2. The SMILES string of the molecule is C[C@]12CC[C@@H]3[C@@H](CC(=CF)C4=CC(=O)C5OC5[C@@]43C)[C@@H]1CCC2=O. The van der Waals surface area contributed by atoms with Crippen molar-refractivity contribution in [3.05, 3.63) is 23.6 Å². The van der Waals surface area contributed by atoms with Gasteiger partial charge in [0.2, 0.25) is 0 Å². The highest BCUT2D eigenvalue weighted by atomic mass is 19.1. The van der Waals surface area contributed by atoms with E-state index in [9.17, 15) is 14.0 Å². The number of carbonyl (C=O) groups is 2. The van der Waals surface area contributed by atoms with Crippen molar-refractivity contribution in [2.24, 2.45) is 28.6 Å². The van der Waals surface area contributed by atoms with E-state index in [2.05, 4.69) is 13.8 Å². The first-order valence-electron chi connectivity index (χ1n) is 9.15. The molecule has 0 bridgehead atoms. The molecule has 1 saturated heterocycles. The Morgan fingerprint density at radius 1 is 1.25 bits per heavy atom. The van der Waals surface area contributed by atoms with Crippen LogP contribution in [-0.4, -0.2) is 23.8 Å². The smallest absolute Gasteiger partial charge is 0.187 e. The van der Waals surface area contributed by atoms with Crippen LogP contribution in [0.25, 0.3) is 0 Å². The minimum atomic E-state index is -0.322.